The second-order valence-corrected chi connectivity index (χ2v) is 5.53. The number of hydrogen-bond donors (Lipinski definition) is 1. The number of rotatable bonds is 4. The third-order valence-corrected chi connectivity index (χ3v) is 4.23. The van der Waals surface area contributed by atoms with Gasteiger partial charge in [0.05, 0.1) is 17.3 Å². The molecule has 0 amide bonds. The van der Waals surface area contributed by atoms with E-state index in [0.29, 0.717) is 6.54 Å². The summed E-state index contributed by atoms with van der Waals surface area (Å²) in [5.41, 5.74) is 2.00. The Balaban J connectivity index is 1.70. The van der Waals surface area contributed by atoms with Crippen LogP contribution in [0.25, 0.3) is 5.69 Å². The summed E-state index contributed by atoms with van der Waals surface area (Å²) in [5.74, 6) is -0.957. The van der Waals surface area contributed by atoms with Crippen molar-refractivity contribution >= 4 is 5.97 Å². The van der Waals surface area contributed by atoms with Crippen molar-refractivity contribution in [1.82, 2.24) is 14.7 Å². The Morgan fingerprint density at radius 1 is 1.33 bits per heavy atom. The van der Waals surface area contributed by atoms with Gasteiger partial charge in [0.2, 0.25) is 0 Å². The molecule has 0 aliphatic carbocycles. The highest BCUT2D eigenvalue weighted by molar-refractivity contribution is 5.71. The van der Waals surface area contributed by atoms with Crippen LogP contribution in [-0.4, -0.2) is 38.3 Å². The van der Waals surface area contributed by atoms with Crippen molar-refractivity contribution in [2.45, 2.75) is 25.9 Å². The van der Waals surface area contributed by atoms with Crippen molar-refractivity contribution in [3.05, 3.63) is 48.3 Å². The van der Waals surface area contributed by atoms with Crippen LogP contribution in [-0.2, 0) is 11.3 Å². The normalized spacial score (nSPS) is 22.5. The fourth-order valence-electron chi connectivity index (χ4n) is 2.94. The zero-order valence-corrected chi connectivity index (χ0v) is 12.0. The Kier molecular flexibility index (Phi) is 3.75. The van der Waals surface area contributed by atoms with Crippen molar-refractivity contribution in [1.29, 1.82) is 0 Å². The first kappa shape index (κ1) is 13.8. The fourth-order valence-corrected chi connectivity index (χ4v) is 2.94. The smallest absolute Gasteiger partial charge is 0.308 e. The number of carbonyl (C=O) groups is 1. The number of carboxylic acids is 1. The molecule has 2 heterocycles. The van der Waals surface area contributed by atoms with Gasteiger partial charge in [0.25, 0.3) is 0 Å². The molecule has 0 radical (unpaired) electrons. The van der Waals surface area contributed by atoms with Crippen molar-refractivity contribution in [3.63, 3.8) is 0 Å². The lowest BCUT2D eigenvalue weighted by Crippen LogP contribution is -2.32. The van der Waals surface area contributed by atoms with Gasteiger partial charge in [-0.1, -0.05) is 18.2 Å². The summed E-state index contributed by atoms with van der Waals surface area (Å²) in [7, 11) is 0. The molecule has 1 aromatic carbocycles. The summed E-state index contributed by atoms with van der Waals surface area (Å²) in [6.07, 6.45) is 2.66. The van der Waals surface area contributed by atoms with E-state index in [0.717, 1.165) is 24.3 Å². The molecule has 5 heteroatoms. The van der Waals surface area contributed by atoms with Crippen molar-refractivity contribution < 1.29 is 9.90 Å². The molecule has 21 heavy (non-hydrogen) atoms. The van der Waals surface area contributed by atoms with Crippen LogP contribution in [0.5, 0.6) is 0 Å². The minimum Gasteiger partial charge on any atom is -0.481 e. The third-order valence-electron chi connectivity index (χ3n) is 4.23. The maximum atomic E-state index is 11.2. The minimum absolute atomic E-state index is 0.0596. The number of likely N-dealkylation sites (tertiary alicyclic amines) is 1. The highest BCUT2D eigenvalue weighted by atomic mass is 16.4. The molecule has 0 saturated carbocycles. The van der Waals surface area contributed by atoms with E-state index in [1.165, 1.54) is 0 Å². The van der Waals surface area contributed by atoms with Gasteiger partial charge in [-0.25, -0.2) is 4.68 Å². The number of hydrogen-bond acceptors (Lipinski definition) is 3. The molecule has 1 aliphatic heterocycles. The second-order valence-electron chi connectivity index (χ2n) is 5.53. The molecule has 0 spiro atoms. The predicted molar refractivity (Wildman–Crippen MR) is 79.2 cm³/mol. The molecule has 2 unspecified atom stereocenters. The van der Waals surface area contributed by atoms with E-state index in [1.807, 2.05) is 54.2 Å². The molecule has 1 saturated heterocycles. The van der Waals surface area contributed by atoms with E-state index in [1.54, 1.807) is 0 Å². The van der Waals surface area contributed by atoms with Gasteiger partial charge in [0, 0.05) is 18.8 Å². The predicted octanol–water partition coefficient (Wildman–Crippen LogP) is 2.17. The maximum Gasteiger partial charge on any atom is 0.308 e. The van der Waals surface area contributed by atoms with Gasteiger partial charge in [-0.2, -0.15) is 5.10 Å². The fraction of sp³-hybridized carbons (Fsp3) is 0.375. The zero-order valence-electron chi connectivity index (χ0n) is 12.0. The number of nitrogens with zero attached hydrogens (tertiary/aromatic N) is 3. The maximum absolute atomic E-state index is 11.2. The summed E-state index contributed by atoms with van der Waals surface area (Å²) in [6, 6.07) is 12.0. The molecule has 110 valence electrons. The van der Waals surface area contributed by atoms with Crippen LogP contribution in [0.4, 0.5) is 0 Å². The molecule has 3 rings (SSSR count). The number of benzene rings is 1. The average Bonchev–Trinajstić information content (AvgIpc) is 3.08. The van der Waals surface area contributed by atoms with Crippen molar-refractivity contribution in [3.8, 4) is 5.69 Å². The van der Waals surface area contributed by atoms with Crippen LogP contribution in [0.15, 0.2) is 42.6 Å². The van der Waals surface area contributed by atoms with Crippen LogP contribution in [0.1, 0.15) is 19.0 Å². The van der Waals surface area contributed by atoms with Crippen molar-refractivity contribution in [2.75, 3.05) is 6.54 Å². The molecule has 2 atom stereocenters. The van der Waals surface area contributed by atoms with Crippen LogP contribution >= 0.6 is 0 Å². The molecule has 1 aliphatic rings. The van der Waals surface area contributed by atoms with Crippen LogP contribution in [0.2, 0.25) is 0 Å². The van der Waals surface area contributed by atoms with Gasteiger partial charge < -0.3 is 5.11 Å². The molecular weight excluding hydrogens is 266 g/mol. The van der Waals surface area contributed by atoms with Crippen LogP contribution < -0.4 is 0 Å². The Bertz CT molecular complexity index is 623. The Labute approximate surface area is 123 Å². The number of para-hydroxylation sites is 1. The summed E-state index contributed by atoms with van der Waals surface area (Å²) in [5, 5.41) is 13.7. The third kappa shape index (κ3) is 2.83. The van der Waals surface area contributed by atoms with Gasteiger partial charge in [-0.15, -0.1) is 0 Å². The van der Waals surface area contributed by atoms with E-state index in [2.05, 4.69) is 10.00 Å². The lowest BCUT2D eigenvalue weighted by Gasteiger charge is -2.21. The topological polar surface area (TPSA) is 58.4 Å². The van der Waals surface area contributed by atoms with Crippen LogP contribution in [0, 0.1) is 5.92 Å². The van der Waals surface area contributed by atoms with Gasteiger partial charge in [0.15, 0.2) is 0 Å². The van der Waals surface area contributed by atoms with Gasteiger partial charge in [-0.05, 0) is 38.1 Å². The van der Waals surface area contributed by atoms with Gasteiger partial charge in [0.1, 0.15) is 0 Å². The Hall–Kier alpha value is -2.14. The minimum atomic E-state index is -0.695. The number of aliphatic carboxylic acids is 1. The molecule has 5 nitrogen and oxygen atoms in total. The standard InChI is InChI=1S/C16H19N3O2/c1-12-15(16(20)21)8-9-18(12)11-13-7-10-19(17-13)14-5-3-2-4-6-14/h2-7,10,12,15H,8-9,11H2,1H3,(H,20,21). The SMILES string of the molecule is CC1C(C(=O)O)CCN1Cc1ccn(-c2ccccc2)n1. The van der Waals surface area contributed by atoms with E-state index < -0.39 is 5.97 Å². The quantitative estimate of drug-likeness (QED) is 0.935. The second kappa shape index (κ2) is 5.69. The first-order valence-electron chi connectivity index (χ1n) is 7.22. The molecule has 0 bridgehead atoms. The molecule has 1 fully saturated rings. The Morgan fingerprint density at radius 3 is 2.76 bits per heavy atom. The largest absolute Gasteiger partial charge is 0.481 e. The van der Waals surface area contributed by atoms with E-state index >= 15 is 0 Å². The molecule has 1 N–H and O–H groups in total. The number of aromatic nitrogens is 2. The summed E-state index contributed by atoms with van der Waals surface area (Å²) in [6.45, 7) is 3.50. The van der Waals surface area contributed by atoms with E-state index in [9.17, 15) is 9.90 Å². The summed E-state index contributed by atoms with van der Waals surface area (Å²) >= 11 is 0. The monoisotopic (exact) mass is 285 g/mol. The van der Waals surface area contributed by atoms with E-state index in [-0.39, 0.29) is 12.0 Å². The molecule has 1 aromatic heterocycles. The van der Waals surface area contributed by atoms with Crippen LogP contribution in [0.3, 0.4) is 0 Å². The molecular formula is C16H19N3O2. The number of carboxylic acid groups (broad SMARTS) is 1. The first-order chi connectivity index (χ1) is 10.1. The Morgan fingerprint density at radius 2 is 2.10 bits per heavy atom. The highest BCUT2D eigenvalue weighted by Crippen LogP contribution is 2.25. The zero-order chi connectivity index (χ0) is 14.8. The molecule has 2 aromatic rings. The first-order valence-corrected chi connectivity index (χ1v) is 7.22. The summed E-state index contributed by atoms with van der Waals surface area (Å²) < 4.78 is 1.85. The average molecular weight is 285 g/mol. The lowest BCUT2D eigenvalue weighted by atomic mass is 10.0. The van der Waals surface area contributed by atoms with Gasteiger partial charge in [-0.3, -0.25) is 9.69 Å². The van der Waals surface area contributed by atoms with E-state index in [4.69, 9.17) is 0 Å². The van der Waals surface area contributed by atoms with Crippen molar-refractivity contribution in [2.24, 2.45) is 5.92 Å². The van der Waals surface area contributed by atoms with Gasteiger partial charge >= 0.3 is 5.97 Å². The lowest BCUT2D eigenvalue weighted by molar-refractivity contribution is -0.142. The highest BCUT2D eigenvalue weighted by Gasteiger charge is 2.35. The summed E-state index contributed by atoms with van der Waals surface area (Å²) in [4.78, 5) is 13.3.